The Labute approximate surface area is 184 Å². The molecule has 2 aliphatic carbocycles. The van der Waals surface area contributed by atoms with Gasteiger partial charge < -0.3 is 8.85 Å². The summed E-state index contributed by atoms with van der Waals surface area (Å²) in [5, 5.41) is 0. The average molecular weight is 425 g/mol. The second-order valence-electron chi connectivity index (χ2n) is 10.1. The molecule has 0 unspecified atom stereocenters. The van der Waals surface area contributed by atoms with Crippen LogP contribution < -0.4 is 0 Å². The zero-order valence-corrected chi connectivity index (χ0v) is 21.4. The van der Waals surface area contributed by atoms with E-state index in [1.54, 1.807) is 0 Å². The SMILES string of the molecule is CCCCO[Si](CCCC)(CCCC)OC(CCC)(C1CCCC1)C1CCCC1. The summed E-state index contributed by atoms with van der Waals surface area (Å²) >= 11 is 0. The fourth-order valence-electron chi connectivity index (χ4n) is 6.22. The first-order valence-electron chi connectivity index (χ1n) is 13.5. The van der Waals surface area contributed by atoms with Crippen LogP contribution in [-0.2, 0) is 8.85 Å². The molecule has 0 atom stereocenters. The molecule has 2 rings (SSSR count). The molecule has 0 amide bonds. The maximum atomic E-state index is 7.70. The van der Waals surface area contributed by atoms with Gasteiger partial charge in [0.2, 0.25) is 0 Å². The number of rotatable bonds is 16. The molecule has 0 N–H and O–H groups in total. The van der Waals surface area contributed by atoms with Crippen molar-refractivity contribution in [1.82, 2.24) is 0 Å². The van der Waals surface area contributed by atoms with Gasteiger partial charge in [-0.1, -0.05) is 91.9 Å². The van der Waals surface area contributed by atoms with Crippen molar-refractivity contribution in [3.63, 3.8) is 0 Å². The number of unbranched alkanes of at least 4 members (excludes halogenated alkanes) is 3. The molecule has 2 fully saturated rings. The van der Waals surface area contributed by atoms with Crippen molar-refractivity contribution in [2.75, 3.05) is 6.61 Å². The monoisotopic (exact) mass is 424 g/mol. The molecule has 0 aromatic heterocycles. The lowest BCUT2D eigenvalue weighted by molar-refractivity contribution is -0.0786. The highest BCUT2D eigenvalue weighted by Crippen LogP contribution is 2.51. The molecule has 0 aromatic rings. The first kappa shape index (κ1) is 25.4. The first-order valence-corrected chi connectivity index (χ1v) is 15.7. The minimum atomic E-state index is -2.18. The van der Waals surface area contributed by atoms with E-state index < -0.39 is 8.56 Å². The van der Waals surface area contributed by atoms with Gasteiger partial charge in [0.1, 0.15) is 0 Å². The van der Waals surface area contributed by atoms with E-state index in [0.29, 0.717) is 0 Å². The van der Waals surface area contributed by atoms with Crippen LogP contribution in [0.2, 0.25) is 12.1 Å². The van der Waals surface area contributed by atoms with Crippen LogP contribution in [-0.4, -0.2) is 20.8 Å². The van der Waals surface area contributed by atoms with Crippen LogP contribution in [0.25, 0.3) is 0 Å². The quantitative estimate of drug-likeness (QED) is 0.182. The van der Waals surface area contributed by atoms with Crippen LogP contribution in [0.3, 0.4) is 0 Å². The predicted octanol–water partition coefficient (Wildman–Crippen LogP) is 8.78. The van der Waals surface area contributed by atoms with Crippen LogP contribution in [0, 0.1) is 11.8 Å². The largest absolute Gasteiger partial charge is 0.394 e. The Bertz CT molecular complexity index is 389. The zero-order chi connectivity index (χ0) is 21.0. The van der Waals surface area contributed by atoms with E-state index in [-0.39, 0.29) is 5.60 Å². The standard InChI is InChI=1S/C26H52O2Si/c1-5-9-21-27-29(22-10-6-2,23-11-7-3)28-26(20-8-4,24-16-12-13-17-24)25-18-14-15-19-25/h24-25H,5-23H2,1-4H3. The molecule has 2 aliphatic rings. The summed E-state index contributed by atoms with van der Waals surface area (Å²) in [4.78, 5) is 0. The Morgan fingerprint density at radius 2 is 1.17 bits per heavy atom. The summed E-state index contributed by atoms with van der Waals surface area (Å²) < 4.78 is 14.6. The fourth-order valence-corrected chi connectivity index (χ4v) is 10.5. The maximum absolute atomic E-state index is 7.70. The summed E-state index contributed by atoms with van der Waals surface area (Å²) in [5.41, 5.74) is 0.127. The van der Waals surface area contributed by atoms with Crippen LogP contribution in [0.4, 0.5) is 0 Å². The molecule has 0 spiro atoms. The average Bonchev–Trinajstić information content (AvgIpc) is 3.45. The van der Waals surface area contributed by atoms with Gasteiger partial charge in [-0.25, -0.2) is 0 Å². The van der Waals surface area contributed by atoms with E-state index in [1.165, 1.54) is 115 Å². The highest BCUT2D eigenvalue weighted by atomic mass is 28.4. The van der Waals surface area contributed by atoms with Crippen molar-refractivity contribution in [2.24, 2.45) is 11.8 Å². The zero-order valence-electron chi connectivity index (χ0n) is 20.4. The molecule has 0 aromatic carbocycles. The Balaban J connectivity index is 2.35. The van der Waals surface area contributed by atoms with E-state index >= 15 is 0 Å². The van der Waals surface area contributed by atoms with Crippen LogP contribution in [0.15, 0.2) is 0 Å². The molecule has 0 radical (unpaired) electrons. The predicted molar refractivity (Wildman–Crippen MR) is 129 cm³/mol. The lowest BCUT2D eigenvalue weighted by Gasteiger charge is -2.50. The maximum Gasteiger partial charge on any atom is 0.338 e. The highest BCUT2D eigenvalue weighted by Gasteiger charge is 2.53. The van der Waals surface area contributed by atoms with Crippen molar-refractivity contribution in [3.05, 3.63) is 0 Å². The molecule has 3 heteroatoms. The van der Waals surface area contributed by atoms with Gasteiger partial charge >= 0.3 is 8.56 Å². The fraction of sp³-hybridized carbons (Fsp3) is 1.00. The number of hydrogen-bond donors (Lipinski definition) is 0. The number of hydrogen-bond acceptors (Lipinski definition) is 2. The third-order valence-corrected chi connectivity index (χ3v) is 11.5. The van der Waals surface area contributed by atoms with Crippen LogP contribution in [0.1, 0.15) is 130 Å². The molecule has 29 heavy (non-hydrogen) atoms. The van der Waals surface area contributed by atoms with Gasteiger partial charge in [-0.2, -0.15) is 0 Å². The van der Waals surface area contributed by atoms with Crippen molar-refractivity contribution in [3.8, 4) is 0 Å². The van der Waals surface area contributed by atoms with E-state index in [2.05, 4.69) is 27.7 Å². The Kier molecular flexibility index (Phi) is 11.8. The summed E-state index contributed by atoms with van der Waals surface area (Å²) in [6.07, 6.45) is 21.3. The van der Waals surface area contributed by atoms with Gasteiger partial charge in [-0.15, -0.1) is 0 Å². The van der Waals surface area contributed by atoms with E-state index in [4.69, 9.17) is 8.85 Å². The van der Waals surface area contributed by atoms with Crippen LogP contribution >= 0.6 is 0 Å². The molecule has 2 saturated carbocycles. The highest BCUT2D eigenvalue weighted by molar-refractivity contribution is 6.67. The lowest BCUT2D eigenvalue weighted by Crippen LogP contribution is -2.56. The molecule has 2 nitrogen and oxygen atoms in total. The van der Waals surface area contributed by atoms with Gasteiger partial charge in [-0.05, 0) is 62.4 Å². The summed E-state index contributed by atoms with van der Waals surface area (Å²) in [7, 11) is -2.18. The summed E-state index contributed by atoms with van der Waals surface area (Å²) in [6, 6.07) is 2.44. The molecular formula is C26H52O2Si. The van der Waals surface area contributed by atoms with Crippen molar-refractivity contribution < 1.29 is 8.85 Å². The van der Waals surface area contributed by atoms with Crippen molar-refractivity contribution >= 4 is 8.56 Å². The molecule has 0 saturated heterocycles. The second kappa shape index (κ2) is 13.5. The van der Waals surface area contributed by atoms with E-state index in [0.717, 1.165) is 18.4 Å². The van der Waals surface area contributed by atoms with Gasteiger partial charge in [-0.3, -0.25) is 0 Å². The Hall–Kier alpha value is 0.137. The third kappa shape index (κ3) is 7.07. The first-order chi connectivity index (χ1) is 14.2. The van der Waals surface area contributed by atoms with E-state index in [9.17, 15) is 0 Å². The minimum Gasteiger partial charge on any atom is -0.394 e. The Morgan fingerprint density at radius 3 is 1.59 bits per heavy atom. The van der Waals surface area contributed by atoms with Crippen LogP contribution in [0.5, 0.6) is 0 Å². The molecular weight excluding hydrogens is 372 g/mol. The van der Waals surface area contributed by atoms with Crippen molar-refractivity contribution in [1.29, 1.82) is 0 Å². The summed E-state index contributed by atoms with van der Waals surface area (Å²) in [6.45, 7) is 10.3. The molecule has 172 valence electrons. The molecule has 0 aliphatic heterocycles. The van der Waals surface area contributed by atoms with E-state index in [1.807, 2.05) is 0 Å². The molecule has 0 bridgehead atoms. The third-order valence-electron chi connectivity index (χ3n) is 7.79. The Morgan fingerprint density at radius 1 is 0.690 bits per heavy atom. The topological polar surface area (TPSA) is 18.5 Å². The lowest BCUT2D eigenvalue weighted by atomic mass is 9.72. The summed E-state index contributed by atoms with van der Waals surface area (Å²) in [5.74, 6) is 1.57. The van der Waals surface area contributed by atoms with Gasteiger partial charge in [0.05, 0.1) is 5.60 Å². The smallest absolute Gasteiger partial charge is 0.338 e. The van der Waals surface area contributed by atoms with Gasteiger partial charge in [0.25, 0.3) is 0 Å². The van der Waals surface area contributed by atoms with Crippen molar-refractivity contribution in [2.45, 2.75) is 148 Å². The molecule has 0 heterocycles. The minimum absolute atomic E-state index is 0.127. The van der Waals surface area contributed by atoms with Gasteiger partial charge in [0, 0.05) is 6.61 Å². The van der Waals surface area contributed by atoms with Gasteiger partial charge in [0.15, 0.2) is 0 Å². The normalized spacial score (nSPS) is 19.4. The second-order valence-corrected chi connectivity index (χ2v) is 13.4.